The highest BCUT2D eigenvalue weighted by molar-refractivity contribution is 5.89. The van der Waals surface area contributed by atoms with Gasteiger partial charge in [-0.1, -0.05) is 91.0 Å². The number of carboxylic acid groups (broad SMARTS) is 1. The zero-order chi connectivity index (χ0) is 26.5. The van der Waals surface area contributed by atoms with Crippen LogP contribution in [-0.2, 0) is 21.5 Å². The van der Waals surface area contributed by atoms with Crippen LogP contribution in [0.5, 0.6) is 0 Å². The van der Waals surface area contributed by atoms with Crippen LogP contribution in [0.15, 0.2) is 104 Å². The lowest BCUT2D eigenvalue weighted by Gasteiger charge is -2.37. The number of aromatic nitrogens is 2. The first-order chi connectivity index (χ1) is 17.8. The van der Waals surface area contributed by atoms with Crippen LogP contribution in [0.4, 0.5) is 0 Å². The number of likely N-dealkylation sites (N-methyl/N-ethyl adjacent to an activating group) is 1. The lowest BCUT2D eigenvalue weighted by Crippen LogP contribution is -2.55. The highest BCUT2D eigenvalue weighted by Gasteiger charge is 2.38. The van der Waals surface area contributed by atoms with E-state index in [2.05, 4.69) is 56.6 Å². The Labute approximate surface area is 217 Å². The number of hydrogen-bond acceptors (Lipinski definition) is 4. The molecule has 1 heterocycles. The lowest BCUT2D eigenvalue weighted by atomic mass is 9.77. The zero-order valence-electron chi connectivity index (χ0n) is 21.3. The standard InChI is InChI=1S/C30H32N4O3/c1-29(2,28(36)37)33-27(35)26(31-3)19-25-20-34(21-32-25)30(22-13-7-4-8-14-22,23-15-9-5-10-16-23)24-17-11-6-12-18-24/h4-18,20-21,26,31H,19H2,1-3H3,(H,33,35)(H,36,37). The van der Waals surface area contributed by atoms with E-state index in [1.54, 1.807) is 13.4 Å². The molecule has 7 heteroatoms. The Bertz CT molecular complexity index is 1240. The van der Waals surface area contributed by atoms with Crippen molar-refractivity contribution in [2.75, 3.05) is 7.05 Å². The number of amides is 1. The van der Waals surface area contributed by atoms with Crippen molar-refractivity contribution in [2.24, 2.45) is 0 Å². The molecule has 1 aromatic heterocycles. The molecule has 1 unspecified atom stereocenters. The largest absolute Gasteiger partial charge is 0.480 e. The number of imidazole rings is 1. The average molecular weight is 497 g/mol. The maximum absolute atomic E-state index is 12.9. The molecule has 0 saturated heterocycles. The second-order valence-electron chi connectivity index (χ2n) is 9.55. The molecule has 0 saturated carbocycles. The van der Waals surface area contributed by atoms with Crippen LogP contribution >= 0.6 is 0 Å². The zero-order valence-corrected chi connectivity index (χ0v) is 21.3. The second kappa shape index (κ2) is 10.8. The van der Waals surface area contributed by atoms with Gasteiger partial charge in [0.1, 0.15) is 11.1 Å². The number of hydrogen-bond donors (Lipinski definition) is 3. The number of rotatable bonds is 10. The van der Waals surface area contributed by atoms with E-state index in [4.69, 9.17) is 0 Å². The predicted molar refractivity (Wildman–Crippen MR) is 143 cm³/mol. The first kappa shape index (κ1) is 25.9. The SMILES string of the molecule is CNC(Cc1cn(C(c2ccccc2)(c2ccccc2)c2ccccc2)cn1)C(=O)NC(C)(C)C(=O)O. The third-order valence-electron chi connectivity index (χ3n) is 6.65. The summed E-state index contributed by atoms with van der Waals surface area (Å²) in [6, 6.07) is 30.2. The number of carbonyl (C=O) groups excluding carboxylic acids is 1. The molecule has 0 radical (unpaired) electrons. The highest BCUT2D eigenvalue weighted by Crippen LogP contribution is 2.40. The summed E-state index contributed by atoms with van der Waals surface area (Å²) in [5.74, 6) is -1.50. The third kappa shape index (κ3) is 5.17. The fraction of sp³-hybridized carbons (Fsp3) is 0.233. The summed E-state index contributed by atoms with van der Waals surface area (Å²) in [5, 5.41) is 15.0. The Morgan fingerprint density at radius 3 is 1.73 bits per heavy atom. The van der Waals surface area contributed by atoms with E-state index < -0.39 is 29.0 Å². The van der Waals surface area contributed by atoms with Crippen LogP contribution < -0.4 is 10.6 Å². The van der Waals surface area contributed by atoms with Gasteiger partial charge in [0, 0.05) is 12.6 Å². The quantitative estimate of drug-likeness (QED) is 0.290. The van der Waals surface area contributed by atoms with Gasteiger partial charge in [-0.25, -0.2) is 9.78 Å². The molecular formula is C30H32N4O3. The van der Waals surface area contributed by atoms with Crippen molar-refractivity contribution in [2.45, 2.75) is 37.4 Å². The normalized spacial score (nSPS) is 12.6. The summed E-state index contributed by atoms with van der Waals surface area (Å²) in [7, 11) is 1.68. The molecular weight excluding hydrogens is 464 g/mol. The van der Waals surface area contributed by atoms with Crippen molar-refractivity contribution in [1.29, 1.82) is 0 Å². The second-order valence-corrected chi connectivity index (χ2v) is 9.55. The molecule has 1 atom stereocenters. The van der Waals surface area contributed by atoms with Crippen molar-refractivity contribution in [3.8, 4) is 0 Å². The molecule has 1 amide bonds. The van der Waals surface area contributed by atoms with E-state index in [0.717, 1.165) is 16.7 Å². The Morgan fingerprint density at radius 1 is 0.865 bits per heavy atom. The van der Waals surface area contributed by atoms with E-state index in [-0.39, 0.29) is 0 Å². The van der Waals surface area contributed by atoms with E-state index in [9.17, 15) is 14.7 Å². The van der Waals surface area contributed by atoms with E-state index in [1.807, 2.05) is 60.8 Å². The average Bonchev–Trinajstić information content (AvgIpc) is 3.38. The molecule has 0 aliphatic carbocycles. The molecule has 0 aliphatic rings. The van der Waals surface area contributed by atoms with Gasteiger partial charge in [-0.2, -0.15) is 0 Å². The van der Waals surface area contributed by atoms with Crippen LogP contribution in [0.1, 0.15) is 36.2 Å². The Kier molecular flexibility index (Phi) is 7.55. The summed E-state index contributed by atoms with van der Waals surface area (Å²) in [5.41, 5.74) is 1.84. The number of nitrogens with one attached hydrogen (secondary N) is 2. The fourth-order valence-electron chi connectivity index (χ4n) is 4.62. The number of aliphatic carboxylic acids is 1. The van der Waals surface area contributed by atoms with Gasteiger partial charge in [-0.15, -0.1) is 0 Å². The predicted octanol–water partition coefficient (Wildman–Crippen LogP) is 3.83. The lowest BCUT2D eigenvalue weighted by molar-refractivity contribution is -0.146. The van der Waals surface area contributed by atoms with Crippen LogP contribution in [0, 0.1) is 0 Å². The van der Waals surface area contributed by atoms with Crippen molar-refractivity contribution in [3.63, 3.8) is 0 Å². The topological polar surface area (TPSA) is 96.3 Å². The first-order valence-corrected chi connectivity index (χ1v) is 12.2. The molecule has 0 spiro atoms. The summed E-state index contributed by atoms with van der Waals surface area (Å²) < 4.78 is 2.09. The van der Waals surface area contributed by atoms with E-state index >= 15 is 0 Å². The van der Waals surface area contributed by atoms with Gasteiger partial charge in [-0.3, -0.25) is 4.79 Å². The fourth-order valence-corrected chi connectivity index (χ4v) is 4.62. The number of carboxylic acids is 1. The molecule has 3 N–H and O–H groups in total. The van der Waals surface area contributed by atoms with Gasteiger partial charge in [0.05, 0.1) is 18.1 Å². The summed E-state index contributed by atoms with van der Waals surface area (Å²) in [6.07, 6.45) is 4.06. The van der Waals surface area contributed by atoms with Gasteiger partial charge in [0.15, 0.2) is 0 Å². The van der Waals surface area contributed by atoms with Gasteiger partial charge in [-0.05, 0) is 37.6 Å². The minimum Gasteiger partial charge on any atom is -0.480 e. The van der Waals surface area contributed by atoms with Crippen LogP contribution in [0.25, 0.3) is 0 Å². The minimum absolute atomic E-state index is 0.291. The van der Waals surface area contributed by atoms with Crippen molar-refractivity contribution in [3.05, 3.63) is 126 Å². The number of benzene rings is 3. The first-order valence-electron chi connectivity index (χ1n) is 12.2. The van der Waals surface area contributed by atoms with Gasteiger partial charge >= 0.3 is 5.97 Å². The molecule has 4 rings (SSSR count). The smallest absolute Gasteiger partial charge is 0.328 e. The molecule has 0 bridgehead atoms. The summed E-state index contributed by atoms with van der Waals surface area (Å²) in [4.78, 5) is 29.1. The van der Waals surface area contributed by atoms with Crippen LogP contribution in [0.3, 0.4) is 0 Å². The van der Waals surface area contributed by atoms with Crippen molar-refractivity contribution in [1.82, 2.24) is 20.2 Å². The highest BCUT2D eigenvalue weighted by atomic mass is 16.4. The van der Waals surface area contributed by atoms with Gasteiger partial charge in [0.2, 0.25) is 5.91 Å². The Morgan fingerprint density at radius 2 is 1.32 bits per heavy atom. The van der Waals surface area contributed by atoms with Crippen molar-refractivity contribution < 1.29 is 14.7 Å². The molecule has 4 aromatic rings. The van der Waals surface area contributed by atoms with E-state index in [0.29, 0.717) is 12.1 Å². The third-order valence-corrected chi connectivity index (χ3v) is 6.65. The minimum atomic E-state index is -1.38. The summed E-state index contributed by atoms with van der Waals surface area (Å²) in [6.45, 7) is 2.92. The molecule has 37 heavy (non-hydrogen) atoms. The molecule has 3 aromatic carbocycles. The number of nitrogens with zero attached hydrogens (tertiary/aromatic N) is 2. The Hall–Kier alpha value is -4.23. The molecule has 190 valence electrons. The monoisotopic (exact) mass is 496 g/mol. The molecule has 0 aliphatic heterocycles. The number of carbonyl (C=O) groups is 2. The molecule has 0 fully saturated rings. The maximum Gasteiger partial charge on any atom is 0.328 e. The van der Waals surface area contributed by atoms with Crippen molar-refractivity contribution >= 4 is 11.9 Å². The van der Waals surface area contributed by atoms with Gasteiger partial charge < -0.3 is 20.3 Å². The summed E-state index contributed by atoms with van der Waals surface area (Å²) >= 11 is 0. The van der Waals surface area contributed by atoms with Gasteiger partial charge in [0.25, 0.3) is 0 Å². The Balaban J connectivity index is 1.79. The van der Waals surface area contributed by atoms with Crippen LogP contribution in [-0.4, -0.2) is 45.2 Å². The van der Waals surface area contributed by atoms with E-state index in [1.165, 1.54) is 13.8 Å². The van der Waals surface area contributed by atoms with Crippen LogP contribution in [0.2, 0.25) is 0 Å². The molecule has 7 nitrogen and oxygen atoms in total. The maximum atomic E-state index is 12.9.